The van der Waals surface area contributed by atoms with E-state index in [0.29, 0.717) is 11.5 Å². The molecule has 1 N–H and O–H groups in total. The Bertz CT molecular complexity index is 844. The van der Waals surface area contributed by atoms with Crippen LogP contribution in [0.5, 0.6) is 5.75 Å². The number of hydrogen-bond donors (Lipinski definition) is 1. The fraction of sp³-hybridized carbons (Fsp3) is 0.250. The van der Waals surface area contributed by atoms with Crippen molar-refractivity contribution in [2.45, 2.75) is 26.9 Å². The monoisotopic (exact) mass is 311 g/mol. The summed E-state index contributed by atoms with van der Waals surface area (Å²) in [7, 11) is 0. The van der Waals surface area contributed by atoms with Gasteiger partial charge in [0, 0.05) is 11.4 Å². The van der Waals surface area contributed by atoms with Gasteiger partial charge < -0.3 is 4.74 Å². The average Bonchev–Trinajstić information content (AvgIpc) is 2.91. The molecule has 3 aromatic rings. The number of hydrogen-bond acceptors (Lipinski definition) is 5. The Labute approximate surface area is 133 Å². The van der Waals surface area contributed by atoms with E-state index in [1.807, 2.05) is 38.1 Å². The highest BCUT2D eigenvalue weighted by atomic mass is 16.5. The normalized spacial score (nSPS) is 12.1. The second-order valence-electron chi connectivity index (χ2n) is 5.25. The van der Waals surface area contributed by atoms with Crippen LogP contribution in [-0.2, 0) is 4.79 Å². The lowest BCUT2D eigenvalue weighted by Gasteiger charge is -2.13. The average molecular weight is 311 g/mol. The first-order valence-electron chi connectivity index (χ1n) is 7.26. The molecule has 118 valence electrons. The quantitative estimate of drug-likeness (QED) is 0.798. The van der Waals surface area contributed by atoms with Crippen molar-refractivity contribution in [3.05, 3.63) is 47.8 Å². The molecule has 0 aliphatic heterocycles. The number of anilines is 1. The van der Waals surface area contributed by atoms with Gasteiger partial charge in [-0.05, 0) is 39.0 Å². The van der Waals surface area contributed by atoms with Crippen molar-refractivity contribution in [1.29, 1.82) is 0 Å². The first-order valence-corrected chi connectivity index (χ1v) is 7.26. The number of aryl methyl sites for hydroxylation is 2. The van der Waals surface area contributed by atoms with Crippen LogP contribution in [0.3, 0.4) is 0 Å². The predicted octanol–water partition coefficient (Wildman–Crippen LogP) is 2.15. The Morgan fingerprint density at radius 1 is 1.22 bits per heavy atom. The van der Waals surface area contributed by atoms with Crippen molar-refractivity contribution in [1.82, 2.24) is 19.6 Å². The summed E-state index contributed by atoms with van der Waals surface area (Å²) in [5.74, 6) is 0.972. The number of carbonyl (C=O) groups is 1. The number of ether oxygens (including phenoxy) is 1. The van der Waals surface area contributed by atoms with Crippen LogP contribution in [0.1, 0.15) is 18.3 Å². The topological polar surface area (TPSA) is 81.4 Å². The largest absolute Gasteiger partial charge is 0.481 e. The Morgan fingerprint density at radius 2 is 1.96 bits per heavy atom. The third-order valence-corrected chi connectivity index (χ3v) is 3.28. The number of para-hydroxylation sites is 1. The van der Waals surface area contributed by atoms with Crippen LogP contribution in [0.15, 0.2) is 36.4 Å². The maximum Gasteiger partial charge on any atom is 0.267 e. The van der Waals surface area contributed by atoms with Crippen LogP contribution < -0.4 is 10.1 Å². The minimum absolute atomic E-state index is 0.208. The summed E-state index contributed by atoms with van der Waals surface area (Å²) in [5.41, 5.74) is 1.75. The van der Waals surface area contributed by atoms with E-state index in [2.05, 4.69) is 20.4 Å². The molecule has 1 aromatic carbocycles. The maximum atomic E-state index is 12.2. The third-order valence-electron chi connectivity index (χ3n) is 3.28. The fourth-order valence-electron chi connectivity index (χ4n) is 2.19. The summed E-state index contributed by atoms with van der Waals surface area (Å²) < 4.78 is 7.16. The molecule has 0 saturated heterocycles. The van der Waals surface area contributed by atoms with Gasteiger partial charge in [0.25, 0.3) is 17.6 Å². The zero-order chi connectivity index (χ0) is 16.4. The second kappa shape index (κ2) is 6.04. The first kappa shape index (κ1) is 15.0. The number of carbonyl (C=O) groups excluding carboxylic acids is 1. The smallest absolute Gasteiger partial charge is 0.267 e. The Balaban J connectivity index is 1.73. The lowest BCUT2D eigenvalue weighted by Crippen LogP contribution is -2.30. The van der Waals surface area contributed by atoms with Crippen LogP contribution in [-0.4, -0.2) is 31.6 Å². The number of fused-ring (bicyclic) bond motifs is 1. The molecule has 1 unspecified atom stereocenters. The summed E-state index contributed by atoms with van der Waals surface area (Å²) in [6, 6.07) is 11.1. The summed E-state index contributed by atoms with van der Waals surface area (Å²) in [4.78, 5) is 20.7. The molecule has 23 heavy (non-hydrogen) atoms. The van der Waals surface area contributed by atoms with E-state index < -0.39 is 6.10 Å². The van der Waals surface area contributed by atoms with E-state index in [0.717, 1.165) is 11.4 Å². The van der Waals surface area contributed by atoms with Gasteiger partial charge in [-0.15, -0.1) is 5.10 Å². The minimum Gasteiger partial charge on any atom is -0.481 e. The molecule has 0 bridgehead atoms. The van der Waals surface area contributed by atoms with Crippen molar-refractivity contribution in [3.8, 4) is 5.75 Å². The molecule has 1 atom stereocenters. The standard InChI is InChI=1S/C16H17N5O2/c1-10-9-11(2)21-16(17-10)19-15(20-21)18-14(22)12(3)23-13-7-5-4-6-8-13/h4-9,12H,1-3H3,(H,18,20,22). The van der Waals surface area contributed by atoms with Crippen molar-refractivity contribution in [2.24, 2.45) is 0 Å². The van der Waals surface area contributed by atoms with Crippen LogP contribution in [0, 0.1) is 13.8 Å². The van der Waals surface area contributed by atoms with E-state index in [-0.39, 0.29) is 11.9 Å². The van der Waals surface area contributed by atoms with Crippen molar-refractivity contribution < 1.29 is 9.53 Å². The molecule has 0 fully saturated rings. The molecule has 0 saturated carbocycles. The van der Waals surface area contributed by atoms with E-state index in [4.69, 9.17) is 4.74 Å². The number of amides is 1. The lowest BCUT2D eigenvalue weighted by atomic mass is 10.3. The van der Waals surface area contributed by atoms with Crippen LogP contribution in [0.4, 0.5) is 5.95 Å². The third kappa shape index (κ3) is 3.28. The summed E-state index contributed by atoms with van der Waals surface area (Å²) in [6.07, 6.45) is -0.667. The van der Waals surface area contributed by atoms with Gasteiger partial charge in [0.15, 0.2) is 6.10 Å². The SMILES string of the molecule is Cc1cc(C)n2nc(NC(=O)C(C)Oc3ccccc3)nc2n1. The predicted molar refractivity (Wildman–Crippen MR) is 85.4 cm³/mol. The van der Waals surface area contributed by atoms with Crippen molar-refractivity contribution in [3.63, 3.8) is 0 Å². The Hall–Kier alpha value is -2.96. The number of aromatic nitrogens is 4. The zero-order valence-electron chi connectivity index (χ0n) is 13.1. The van der Waals surface area contributed by atoms with Crippen LogP contribution >= 0.6 is 0 Å². The number of benzene rings is 1. The molecule has 7 nitrogen and oxygen atoms in total. The van der Waals surface area contributed by atoms with Crippen LogP contribution in [0.2, 0.25) is 0 Å². The molecule has 0 aliphatic carbocycles. The molecule has 2 heterocycles. The molecule has 2 aromatic heterocycles. The molecule has 7 heteroatoms. The lowest BCUT2D eigenvalue weighted by molar-refractivity contribution is -0.122. The molecule has 3 rings (SSSR count). The molecule has 0 aliphatic rings. The second-order valence-corrected chi connectivity index (χ2v) is 5.25. The highest BCUT2D eigenvalue weighted by Gasteiger charge is 2.17. The first-order chi connectivity index (χ1) is 11.0. The number of nitrogens with zero attached hydrogens (tertiary/aromatic N) is 4. The van der Waals surface area contributed by atoms with Crippen LogP contribution in [0.25, 0.3) is 5.78 Å². The van der Waals surface area contributed by atoms with Gasteiger partial charge in [-0.3, -0.25) is 10.1 Å². The van der Waals surface area contributed by atoms with Gasteiger partial charge in [-0.1, -0.05) is 18.2 Å². The van der Waals surface area contributed by atoms with E-state index >= 15 is 0 Å². The number of nitrogens with one attached hydrogen (secondary N) is 1. The molecule has 1 amide bonds. The molecule has 0 spiro atoms. The zero-order valence-corrected chi connectivity index (χ0v) is 13.1. The van der Waals surface area contributed by atoms with E-state index in [1.54, 1.807) is 23.6 Å². The van der Waals surface area contributed by atoms with Crippen molar-refractivity contribution in [2.75, 3.05) is 5.32 Å². The Morgan fingerprint density at radius 3 is 2.70 bits per heavy atom. The molecular formula is C16H17N5O2. The van der Waals surface area contributed by atoms with E-state index in [9.17, 15) is 4.79 Å². The summed E-state index contributed by atoms with van der Waals surface area (Å²) in [6.45, 7) is 5.46. The van der Waals surface area contributed by atoms with Gasteiger partial charge in [-0.2, -0.15) is 9.50 Å². The molecule has 0 radical (unpaired) electrons. The van der Waals surface area contributed by atoms with Crippen molar-refractivity contribution >= 4 is 17.6 Å². The minimum atomic E-state index is -0.667. The van der Waals surface area contributed by atoms with E-state index in [1.165, 1.54) is 0 Å². The highest BCUT2D eigenvalue weighted by molar-refractivity contribution is 5.92. The van der Waals surface area contributed by atoms with Gasteiger partial charge >= 0.3 is 0 Å². The number of rotatable bonds is 4. The molecular weight excluding hydrogens is 294 g/mol. The van der Waals surface area contributed by atoms with Gasteiger partial charge in [0.2, 0.25) is 0 Å². The summed E-state index contributed by atoms with van der Waals surface area (Å²) in [5, 5.41) is 6.89. The van der Waals surface area contributed by atoms with Gasteiger partial charge in [0.1, 0.15) is 5.75 Å². The highest BCUT2D eigenvalue weighted by Crippen LogP contribution is 2.12. The summed E-state index contributed by atoms with van der Waals surface area (Å²) >= 11 is 0. The van der Waals surface area contributed by atoms with Gasteiger partial charge in [0.05, 0.1) is 0 Å². The Kier molecular flexibility index (Phi) is 3.92. The maximum absolute atomic E-state index is 12.2. The van der Waals surface area contributed by atoms with Gasteiger partial charge in [-0.25, -0.2) is 4.98 Å². The fourth-order valence-corrected chi connectivity index (χ4v) is 2.19.